The van der Waals surface area contributed by atoms with E-state index in [4.69, 9.17) is 9.51 Å². The molecule has 0 amide bonds. The molecule has 1 aromatic carbocycles. The summed E-state index contributed by atoms with van der Waals surface area (Å²) in [6.45, 7) is 2.86. The number of benzene rings is 1. The van der Waals surface area contributed by atoms with Gasteiger partial charge in [0, 0.05) is 43.5 Å². The molecule has 1 saturated heterocycles. The van der Waals surface area contributed by atoms with Crippen molar-refractivity contribution in [3.05, 3.63) is 73.3 Å². The van der Waals surface area contributed by atoms with Crippen LogP contribution in [0, 0.1) is 0 Å². The fourth-order valence-corrected chi connectivity index (χ4v) is 4.03. The van der Waals surface area contributed by atoms with E-state index in [-0.39, 0.29) is 0 Å². The molecule has 146 valence electrons. The van der Waals surface area contributed by atoms with Crippen LogP contribution in [0.1, 0.15) is 24.6 Å². The third-order valence-corrected chi connectivity index (χ3v) is 5.49. The SMILES string of the molecule is c1ccc(-c2ncn(C3CCN(Cc4ccon4)CC3)c2-c2ccncn2)cc1. The molecule has 0 saturated carbocycles. The third kappa shape index (κ3) is 3.69. The highest BCUT2D eigenvalue weighted by Gasteiger charge is 2.25. The molecule has 0 radical (unpaired) electrons. The Labute approximate surface area is 169 Å². The Bertz CT molecular complexity index is 1040. The number of nitrogens with zero attached hydrogens (tertiary/aromatic N) is 6. The van der Waals surface area contributed by atoms with Crippen molar-refractivity contribution < 1.29 is 4.52 Å². The second-order valence-electron chi connectivity index (χ2n) is 7.31. The lowest BCUT2D eigenvalue weighted by Crippen LogP contribution is -2.34. The predicted molar refractivity (Wildman–Crippen MR) is 109 cm³/mol. The lowest BCUT2D eigenvalue weighted by molar-refractivity contribution is 0.176. The number of hydrogen-bond donors (Lipinski definition) is 0. The quantitative estimate of drug-likeness (QED) is 0.519. The van der Waals surface area contributed by atoms with Gasteiger partial charge in [0.25, 0.3) is 0 Å². The predicted octanol–water partition coefficient (Wildman–Crippen LogP) is 3.83. The maximum Gasteiger partial charge on any atom is 0.124 e. The molecule has 7 nitrogen and oxygen atoms in total. The van der Waals surface area contributed by atoms with Crippen LogP contribution in [-0.2, 0) is 6.54 Å². The van der Waals surface area contributed by atoms with E-state index >= 15 is 0 Å². The molecule has 0 aliphatic carbocycles. The summed E-state index contributed by atoms with van der Waals surface area (Å²) in [7, 11) is 0. The van der Waals surface area contributed by atoms with Gasteiger partial charge in [0.2, 0.25) is 0 Å². The van der Waals surface area contributed by atoms with E-state index in [0.717, 1.165) is 60.8 Å². The van der Waals surface area contributed by atoms with Gasteiger partial charge in [-0.3, -0.25) is 4.90 Å². The molecule has 7 heteroatoms. The van der Waals surface area contributed by atoms with Crippen LogP contribution in [0.3, 0.4) is 0 Å². The molecular formula is C22H22N6O. The number of imidazole rings is 1. The highest BCUT2D eigenvalue weighted by Crippen LogP contribution is 2.35. The van der Waals surface area contributed by atoms with Gasteiger partial charge in [-0.25, -0.2) is 15.0 Å². The van der Waals surface area contributed by atoms with Crippen LogP contribution in [0.4, 0.5) is 0 Å². The maximum absolute atomic E-state index is 4.95. The molecule has 4 heterocycles. The van der Waals surface area contributed by atoms with Gasteiger partial charge < -0.3 is 9.09 Å². The molecule has 3 aromatic heterocycles. The lowest BCUT2D eigenvalue weighted by Gasteiger charge is -2.32. The van der Waals surface area contributed by atoms with Gasteiger partial charge in [0.1, 0.15) is 12.6 Å². The summed E-state index contributed by atoms with van der Waals surface area (Å²) in [5.74, 6) is 0. The van der Waals surface area contributed by atoms with E-state index in [1.54, 1.807) is 18.8 Å². The Balaban J connectivity index is 1.43. The zero-order valence-corrected chi connectivity index (χ0v) is 16.1. The lowest BCUT2D eigenvalue weighted by atomic mass is 10.0. The van der Waals surface area contributed by atoms with Crippen molar-refractivity contribution in [1.29, 1.82) is 0 Å². The van der Waals surface area contributed by atoms with Crippen LogP contribution in [0.25, 0.3) is 22.6 Å². The van der Waals surface area contributed by atoms with Gasteiger partial charge in [-0.2, -0.15) is 0 Å². The molecule has 1 fully saturated rings. The van der Waals surface area contributed by atoms with E-state index < -0.39 is 0 Å². The molecule has 0 atom stereocenters. The van der Waals surface area contributed by atoms with E-state index in [1.165, 1.54) is 0 Å². The average molecular weight is 386 g/mol. The summed E-state index contributed by atoms with van der Waals surface area (Å²) in [6.07, 6.45) is 9.10. The van der Waals surface area contributed by atoms with Crippen molar-refractivity contribution in [3.8, 4) is 22.6 Å². The standard InChI is InChI=1S/C22H22N6O/c1-2-4-17(5-3-1)21-22(20-6-10-23-15-24-20)28(16-25-21)19-7-11-27(12-8-19)14-18-9-13-29-26-18/h1-6,9-10,13,15-16,19H,7-8,11-12,14H2. The summed E-state index contributed by atoms with van der Waals surface area (Å²) >= 11 is 0. The number of rotatable bonds is 5. The van der Waals surface area contributed by atoms with E-state index in [9.17, 15) is 0 Å². The van der Waals surface area contributed by atoms with Gasteiger partial charge in [0.05, 0.1) is 29.1 Å². The first-order valence-electron chi connectivity index (χ1n) is 9.89. The van der Waals surface area contributed by atoms with E-state index in [2.05, 4.69) is 36.7 Å². The van der Waals surface area contributed by atoms with Crippen LogP contribution in [0.2, 0.25) is 0 Å². The highest BCUT2D eigenvalue weighted by molar-refractivity contribution is 5.76. The Morgan fingerprint density at radius 3 is 2.59 bits per heavy atom. The fourth-order valence-electron chi connectivity index (χ4n) is 4.03. The minimum absolute atomic E-state index is 0.387. The van der Waals surface area contributed by atoms with Crippen LogP contribution < -0.4 is 0 Å². The molecule has 0 spiro atoms. The highest BCUT2D eigenvalue weighted by atomic mass is 16.5. The Morgan fingerprint density at radius 2 is 1.86 bits per heavy atom. The first-order chi connectivity index (χ1) is 14.4. The summed E-state index contributed by atoms with van der Waals surface area (Å²) in [5.41, 5.74) is 5.02. The third-order valence-electron chi connectivity index (χ3n) is 5.49. The second kappa shape index (κ2) is 7.97. The van der Waals surface area contributed by atoms with Gasteiger partial charge >= 0.3 is 0 Å². The van der Waals surface area contributed by atoms with Crippen LogP contribution in [0.5, 0.6) is 0 Å². The number of likely N-dealkylation sites (tertiary alicyclic amines) is 1. The summed E-state index contributed by atoms with van der Waals surface area (Å²) in [5, 5.41) is 4.03. The van der Waals surface area contributed by atoms with Crippen LogP contribution in [-0.4, -0.2) is 42.7 Å². The van der Waals surface area contributed by atoms with Crippen molar-refractivity contribution in [2.24, 2.45) is 0 Å². The molecule has 0 unspecified atom stereocenters. The second-order valence-corrected chi connectivity index (χ2v) is 7.31. The van der Waals surface area contributed by atoms with E-state index in [0.29, 0.717) is 6.04 Å². The number of hydrogen-bond acceptors (Lipinski definition) is 6. The monoisotopic (exact) mass is 386 g/mol. The smallest absolute Gasteiger partial charge is 0.124 e. The molecule has 0 N–H and O–H groups in total. The van der Waals surface area contributed by atoms with Crippen molar-refractivity contribution in [2.75, 3.05) is 13.1 Å². The minimum atomic E-state index is 0.387. The number of aromatic nitrogens is 5. The Kier molecular flexibility index (Phi) is 4.88. The molecule has 1 aliphatic heterocycles. The zero-order valence-electron chi connectivity index (χ0n) is 16.1. The Hall–Kier alpha value is -3.32. The zero-order chi connectivity index (χ0) is 19.5. The van der Waals surface area contributed by atoms with Gasteiger partial charge in [0.15, 0.2) is 0 Å². The van der Waals surface area contributed by atoms with Crippen LogP contribution >= 0.6 is 0 Å². The van der Waals surface area contributed by atoms with Crippen molar-refractivity contribution in [1.82, 2.24) is 29.6 Å². The topological polar surface area (TPSA) is 72.9 Å². The fraction of sp³-hybridized carbons (Fsp3) is 0.273. The number of piperidine rings is 1. The normalized spacial score (nSPS) is 15.6. The first kappa shape index (κ1) is 17.8. The summed E-state index contributed by atoms with van der Waals surface area (Å²) in [6, 6.07) is 14.6. The molecule has 4 aromatic rings. The Morgan fingerprint density at radius 1 is 1.00 bits per heavy atom. The molecule has 0 bridgehead atoms. The summed E-state index contributed by atoms with van der Waals surface area (Å²) < 4.78 is 7.26. The maximum atomic E-state index is 4.95. The van der Waals surface area contributed by atoms with Gasteiger partial charge in [-0.1, -0.05) is 35.5 Å². The molecular weight excluding hydrogens is 364 g/mol. The largest absolute Gasteiger partial charge is 0.364 e. The molecule has 1 aliphatic rings. The van der Waals surface area contributed by atoms with Crippen molar-refractivity contribution in [3.63, 3.8) is 0 Å². The van der Waals surface area contributed by atoms with Crippen molar-refractivity contribution >= 4 is 0 Å². The molecule has 29 heavy (non-hydrogen) atoms. The van der Waals surface area contributed by atoms with Gasteiger partial charge in [-0.05, 0) is 18.9 Å². The van der Waals surface area contributed by atoms with Gasteiger partial charge in [-0.15, -0.1) is 0 Å². The van der Waals surface area contributed by atoms with E-state index in [1.807, 2.05) is 36.7 Å². The van der Waals surface area contributed by atoms with Crippen molar-refractivity contribution in [2.45, 2.75) is 25.4 Å². The average Bonchev–Trinajstić information content (AvgIpc) is 3.46. The van der Waals surface area contributed by atoms with Crippen LogP contribution in [0.15, 0.2) is 72.1 Å². The first-order valence-corrected chi connectivity index (χ1v) is 9.89. The minimum Gasteiger partial charge on any atom is -0.364 e. The molecule has 5 rings (SSSR count). The summed E-state index contributed by atoms with van der Waals surface area (Å²) in [4.78, 5) is 15.8.